The molecule has 5 heteroatoms. The molecule has 2 aromatic rings. The van der Waals surface area contributed by atoms with Crippen LogP contribution in [-0.4, -0.2) is 41.0 Å². The van der Waals surface area contributed by atoms with Gasteiger partial charge in [0.05, 0.1) is 0 Å². The topological polar surface area (TPSA) is 45.6 Å². The number of aromatic nitrogens is 1. The highest BCUT2D eigenvalue weighted by Crippen LogP contribution is 2.29. The summed E-state index contributed by atoms with van der Waals surface area (Å²) in [5.41, 5.74) is 3.96. The summed E-state index contributed by atoms with van der Waals surface area (Å²) >= 11 is 3.47. The van der Waals surface area contributed by atoms with Crippen molar-refractivity contribution in [1.82, 2.24) is 9.88 Å². The predicted molar refractivity (Wildman–Crippen MR) is 112 cm³/mol. The number of piperidine rings is 1. The fourth-order valence-corrected chi connectivity index (χ4v) is 4.40. The predicted octanol–water partition coefficient (Wildman–Crippen LogP) is 4.77. The first-order chi connectivity index (χ1) is 13.2. The van der Waals surface area contributed by atoms with Gasteiger partial charge in [-0.3, -0.25) is 4.79 Å². The Morgan fingerprint density at radius 1 is 1.15 bits per heavy atom. The molecule has 0 atom stereocenters. The Labute approximate surface area is 168 Å². The standard InChI is InChI=1S/C22H24BrN3O/c23-17-6-4-5-16(13-17)14-21(27)19-7-9-24-22-20(19)15-18(25-22)8-12-26-10-2-1-3-11-26/h4-7,9,13H,1-3,8,10-12,14-15H2. The average molecular weight is 426 g/mol. The maximum Gasteiger partial charge on any atom is 0.167 e. The third-order valence-electron chi connectivity index (χ3n) is 5.40. The molecular weight excluding hydrogens is 402 g/mol. The molecule has 140 valence electrons. The molecule has 4 nitrogen and oxygen atoms in total. The summed E-state index contributed by atoms with van der Waals surface area (Å²) in [6.45, 7) is 3.47. The average Bonchev–Trinajstić information content (AvgIpc) is 3.10. The smallest absolute Gasteiger partial charge is 0.167 e. The number of rotatable bonds is 6. The third kappa shape index (κ3) is 4.53. The summed E-state index contributed by atoms with van der Waals surface area (Å²) in [7, 11) is 0. The quantitative estimate of drug-likeness (QED) is 0.625. The monoisotopic (exact) mass is 425 g/mol. The lowest BCUT2D eigenvalue weighted by molar-refractivity contribution is 0.0992. The van der Waals surface area contributed by atoms with Crippen LogP contribution in [0.5, 0.6) is 0 Å². The minimum absolute atomic E-state index is 0.138. The number of hydrogen-bond acceptors (Lipinski definition) is 4. The number of ketones is 1. The number of nitrogens with zero attached hydrogens (tertiary/aromatic N) is 3. The second-order valence-corrected chi connectivity index (χ2v) is 8.31. The van der Waals surface area contributed by atoms with E-state index in [0.717, 1.165) is 52.1 Å². The van der Waals surface area contributed by atoms with Crippen LogP contribution >= 0.6 is 15.9 Å². The molecule has 0 N–H and O–H groups in total. The lowest BCUT2D eigenvalue weighted by Crippen LogP contribution is -2.31. The Morgan fingerprint density at radius 2 is 2.00 bits per heavy atom. The molecule has 4 rings (SSSR count). The molecule has 1 fully saturated rings. The van der Waals surface area contributed by atoms with Crippen molar-refractivity contribution >= 4 is 33.2 Å². The van der Waals surface area contributed by atoms with Gasteiger partial charge in [-0.15, -0.1) is 0 Å². The first-order valence-corrected chi connectivity index (χ1v) is 10.5. The summed E-state index contributed by atoms with van der Waals surface area (Å²) < 4.78 is 0.996. The van der Waals surface area contributed by atoms with Gasteiger partial charge in [0.15, 0.2) is 11.6 Å². The van der Waals surface area contributed by atoms with Crippen molar-refractivity contribution in [2.45, 2.75) is 38.5 Å². The first-order valence-electron chi connectivity index (χ1n) is 9.73. The SMILES string of the molecule is O=C(Cc1cccc(Br)c1)c1ccnc2c1CC(CCN1CCCCC1)=N2. The van der Waals surface area contributed by atoms with E-state index in [0.29, 0.717) is 6.42 Å². The molecule has 0 unspecified atom stereocenters. The highest BCUT2D eigenvalue weighted by molar-refractivity contribution is 9.10. The van der Waals surface area contributed by atoms with Gasteiger partial charge in [-0.2, -0.15) is 0 Å². The third-order valence-corrected chi connectivity index (χ3v) is 5.89. The summed E-state index contributed by atoms with van der Waals surface area (Å²) in [4.78, 5) is 24.6. The van der Waals surface area contributed by atoms with E-state index >= 15 is 0 Å². The zero-order valence-corrected chi connectivity index (χ0v) is 17.0. The zero-order valence-electron chi connectivity index (χ0n) is 15.5. The van der Waals surface area contributed by atoms with Crippen LogP contribution in [0.3, 0.4) is 0 Å². The minimum Gasteiger partial charge on any atom is -0.303 e. The summed E-state index contributed by atoms with van der Waals surface area (Å²) in [5, 5.41) is 0. The van der Waals surface area contributed by atoms with E-state index in [1.54, 1.807) is 6.20 Å². The van der Waals surface area contributed by atoms with Crippen molar-refractivity contribution in [3.8, 4) is 0 Å². The first kappa shape index (κ1) is 18.5. The van der Waals surface area contributed by atoms with Crippen LogP contribution in [0.1, 0.15) is 47.2 Å². The van der Waals surface area contributed by atoms with Gasteiger partial charge in [0.1, 0.15) is 0 Å². The molecule has 0 saturated carbocycles. The van der Waals surface area contributed by atoms with Crippen LogP contribution in [0.2, 0.25) is 0 Å². The molecule has 1 aromatic heterocycles. The lowest BCUT2D eigenvalue weighted by Gasteiger charge is -2.26. The Hall–Kier alpha value is -1.85. The second kappa shape index (κ2) is 8.44. The molecule has 0 radical (unpaired) electrons. The van der Waals surface area contributed by atoms with Gasteiger partial charge in [-0.1, -0.05) is 34.5 Å². The fraction of sp³-hybridized carbons (Fsp3) is 0.409. The van der Waals surface area contributed by atoms with Crippen LogP contribution in [0.25, 0.3) is 0 Å². The van der Waals surface area contributed by atoms with E-state index in [1.165, 1.54) is 32.4 Å². The molecule has 2 aliphatic heterocycles. The maximum absolute atomic E-state index is 12.9. The number of likely N-dealkylation sites (tertiary alicyclic amines) is 1. The lowest BCUT2D eigenvalue weighted by atomic mass is 9.97. The highest BCUT2D eigenvalue weighted by Gasteiger charge is 2.23. The molecule has 0 bridgehead atoms. The van der Waals surface area contributed by atoms with E-state index < -0.39 is 0 Å². The Bertz CT molecular complexity index is 872. The molecule has 0 aliphatic carbocycles. The molecule has 0 spiro atoms. The van der Waals surface area contributed by atoms with Crippen molar-refractivity contribution in [2.24, 2.45) is 4.99 Å². The van der Waals surface area contributed by atoms with Crippen LogP contribution in [-0.2, 0) is 12.8 Å². The van der Waals surface area contributed by atoms with Crippen LogP contribution in [0, 0.1) is 0 Å². The van der Waals surface area contributed by atoms with Crippen molar-refractivity contribution in [3.05, 3.63) is 57.7 Å². The van der Waals surface area contributed by atoms with Gasteiger partial charge in [0.25, 0.3) is 0 Å². The van der Waals surface area contributed by atoms with Gasteiger partial charge < -0.3 is 4.90 Å². The number of benzene rings is 1. The maximum atomic E-state index is 12.9. The number of carbonyl (C=O) groups is 1. The number of hydrogen-bond donors (Lipinski definition) is 0. The molecule has 1 aromatic carbocycles. The van der Waals surface area contributed by atoms with Gasteiger partial charge in [0, 0.05) is 46.9 Å². The number of Topliss-reactive ketones (excluding diaryl/α,β-unsaturated/α-hetero) is 1. The Balaban J connectivity index is 1.42. The number of fused-ring (bicyclic) bond motifs is 1. The van der Waals surface area contributed by atoms with E-state index in [-0.39, 0.29) is 5.78 Å². The van der Waals surface area contributed by atoms with Gasteiger partial charge >= 0.3 is 0 Å². The van der Waals surface area contributed by atoms with Crippen LogP contribution < -0.4 is 0 Å². The summed E-state index contributed by atoms with van der Waals surface area (Å²) in [6, 6.07) is 9.78. The van der Waals surface area contributed by atoms with E-state index in [2.05, 4.69) is 25.8 Å². The second-order valence-electron chi connectivity index (χ2n) is 7.40. The normalized spacial score (nSPS) is 16.9. The van der Waals surface area contributed by atoms with Crippen LogP contribution in [0.4, 0.5) is 5.82 Å². The zero-order chi connectivity index (χ0) is 18.6. The number of halogens is 1. The van der Waals surface area contributed by atoms with E-state index in [1.807, 2.05) is 30.3 Å². The molecule has 2 aliphatic rings. The van der Waals surface area contributed by atoms with Crippen molar-refractivity contribution in [3.63, 3.8) is 0 Å². The molecule has 1 saturated heterocycles. The van der Waals surface area contributed by atoms with Gasteiger partial charge in [-0.05, 0) is 56.1 Å². The number of carbonyl (C=O) groups excluding carboxylic acids is 1. The molecule has 27 heavy (non-hydrogen) atoms. The largest absolute Gasteiger partial charge is 0.303 e. The Morgan fingerprint density at radius 3 is 2.81 bits per heavy atom. The summed E-state index contributed by atoms with van der Waals surface area (Å²) in [6.07, 6.45) is 7.82. The van der Waals surface area contributed by atoms with Gasteiger partial charge in [0.2, 0.25) is 0 Å². The van der Waals surface area contributed by atoms with Crippen molar-refractivity contribution in [2.75, 3.05) is 19.6 Å². The fourth-order valence-electron chi connectivity index (χ4n) is 3.95. The molecular formula is C22H24BrN3O. The van der Waals surface area contributed by atoms with Crippen LogP contribution in [0.15, 0.2) is 46.0 Å². The minimum atomic E-state index is 0.138. The molecule has 0 amide bonds. The van der Waals surface area contributed by atoms with Gasteiger partial charge in [-0.25, -0.2) is 9.98 Å². The molecule has 3 heterocycles. The summed E-state index contributed by atoms with van der Waals surface area (Å²) in [5.74, 6) is 0.878. The van der Waals surface area contributed by atoms with Crippen molar-refractivity contribution in [1.29, 1.82) is 0 Å². The van der Waals surface area contributed by atoms with E-state index in [4.69, 9.17) is 4.99 Å². The van der Waals surface area contributed by atoms with Crippen molar-refractivity contribution < 1.29 is 4.79 Å². The van der Waals surface area contributed by atoms with E-state index in [9.17, 15) is 4.79 Å². The Kier molecular flexibility index (Phi) is 5.79. The highest BCUT2D eigenvalue weighted by atomic mass is 79.9. The number of pyridine rings is 1. The number of aliphatic imine (C=N–C) groups is 1.